The average molecular weight is 882 g/mol. The second-order valence-electron chi connectivity index (χ2n) is 11.8. The topological polar surface area (TPSA) is 82.2 Å². The molecule has 0 radical (unpaired) electrons. The Morgan fingerprint density at radius 1 is 0.667 bits per heavy atom. The summed E-state index contributed by atoms with van der Waals surface area (Å²) in [7, 11) is 1.38. The van der Waals surface area contributed by atoms with Crippen LogP contribution in [0.3, 0.4) is 0 Å². The molecule has 8 aromatic rings. The van der Waals surface area contributed by atoms with E-state index in [9.17, 15) is 9.90 Å². The quantitative estimate of drug-likeness (QED) is 0.118. The predicted molar refractivity (Wildman–Crippen MR) is 211 cm³/mol. The minimum Gasteiger partial charge on any atom is -1.00 e. The summed E-state index contributed by atoms with van der Waals surface area (Å²) in [5, 5.41) is 15.2. The summed E-state index contributed by atoms with van der Waals surface area (Å²) in [6.07, 6.45) is 3.45. The first-order valence-corrected chi connectivity index (χ1v) is 16.9. The minimum atomic E-state index is -0.979. The van der Waals surface area contributed by atoms with Crippen molar-refractivity contribution in [3.05, 3.63) is 149 Å². The Morgan fingerprint density at radius 2 is 1.12 bits per heavy atom. The van der Waals surface area contributed by atoms with Crippen LogP contribution >= 0.6 is 31.9 Å². The molecular formula is C40H33Br3MgN4O3. The smallest absolute Gasteiger partial charge is 1.00 e. The fourth-order valence-electron chi connectivity index (χ4n) is 6.24. The van der Waals surface area contributed by atoms with Crippen molar-refractivity contribution in [1.82, 2.24) is 19.1 Å². The van der Waals surface area contributed by atoms with Crippen LogP contribution in [0.5, 0.6) is 0 Å². The van der Waals surface area contributed by atoms with Crippen molar-refractivity contribution in [1.29, 1.82) is 0 Å². The number of aromatic nitrogens is 4. The summed E-state index contributed by atoms with van der Waals surface area (Å²) in [6, 6.07) is 36.0. The number of esters is 1. The van der Waals surface area contributed by atoms with Gasteiger partial charge in [0, 0.05) is 48.4 Å². The monoisotopic (exact) mass is 878 g/mol. The molecule has 0 aliphatic heterocycles. The Morgan fingerprint density at radius 3 is 1.63 bits per heavy atom. The van der Waals surface area contributed by atoms with E-state index in [4.69, 9.17) is 4.74 Å². The third-order valence-corrected chi connectivity index (χ3v) is 9.32. The zero-order valence-corrected chi connectivity index (χ0v) is 34.6. The van der Waals surface area contributed by atoms with Gasteiger partial charge in [0.15, 0.2) is 5.82 Å². The van der Waals surface area contributed by atoms with Crippen LogP contribution in [0.15, 0.2) is 131 Å². The van der Waals surface area contributed by atoms with Gasteiger partial charge in [-0.05, 0) is 68.4 Å². The van der Waals surface area contributed by atoms with E-state index in [1.165, 1.54) is 17.9 Å². The first-order valence-electron chi connectivity index (χ1n) is 15.3. The summed E-state index contributed by atoms with van der Waals surface area (Å²) in [4.78, 5) is 21.3. The van der Waals surface area contributed by atoms with Crippen LogP contribution in [0.4, 0.5) is 0 Å². The molecule has 8 rings (SSSR count). The van der Waals surface area contributed by atoms with Gasteiger partial charge < -0.3 is 34.3 Å². The second kappa shape index (κ2) is 16.4. The number of benzene rings is 4. The number of carbonyl (C=O) groups excluding carboxylic acids is 1. The third kappa shape index (κ3) is 7.51. The van der Waals surface area contributed by atoms with Gasteiger partial charge >= 0.3 is 29.0 Å². The van der Waals surface area contributed by atoms with Crippen molar-refractivity contribution in [2.24, 2.45) is 0 Å². The van der Waals surface area contributed by atoms with Gasteiger partial charge in [-0.25, -0.2) is 14.8 Å². The number of aliphatic hydroxyl groups is 1. The van der Waals surface area contributed by atoms with E-state index in [-0.39, 0.29) is 47.5 Å². The standard InChI is InChI=1S/C20H17BrN2O.C19H13BrN2O2.CH3.BrH.Mg/c1-20(2,24)16-7-5-11-22-19(16)23-17-8-4-3-6-14(17)15-10-9-13(21)12-18(15)23;1-24-19(23)15-6-4-10-21-18(15)22-16-7-3-2-5-13(16)14-9-8-12(20)11-17(14)22;;;/h3-12,24H,1-2H3;2-11H,1H3;1H3;1H;/q;;-1;;+2/p-1. The molecule has 0 fully saturated rings. The van der Waals surface area contributed by atoms with Crippen molar-refractivity contribution in [3.63, 3.8) is 0 Å². The SMILES string of the molecule is CC(C)(O)c1cccnc1-n1c2ccccc2c2ccc(Br)cc21.COC(=O)c1cccnc1-n1c2ccccc2c2ccc(Br)cc21.[Br-].[CH3-].[Mg+2]. The van der Waals surface area contributed by atoms with E-state index in [2.05, 4.69) is 88.9 Å². The Kier molecular flexibility index (Phi) is 12.9. The summed E-state index contributed by atoms with van der Waals surface area (Å²) >= 11 is 7.10. The van der Waals surface area contributed by atoms with Crippen LogP contribution in [0.25, 0.3) is 55.2 Å². The molecule has 11 heteroatoms. The van der Waals surface area contributed by atoms with Crippen molar-refractivity contribution < 1.29 is 31.6 Å². The molecule has 4 aromatic carbocycles. The summed E-state index contributed by atoms with van der Waals surface area (Å²) in [5.41, 5.74) is 4.37. The molecule has 0 aliphatic rings. The molecule has 0 saturated heterocycles. The van der Waals surface area contributed by atoms with E-state index in [1.54, 1.807) is 38.4 Å². The van der Waals surface area contributed by atoms with Crippen LogP contribution in [-0.2, 0) is 10.3 Å². The molecule has 1 N–H and O–H groups in total. The number of hydrogen-bond donors (Lipinski definition) is 1. The Labute approximate surface area is 339 Å². The second-order valence-corrected chi connectivity index (χ2v) is 13.7. The minimum absolute atomic E-state index is 0. The number of nitrogens with zero attached hydrogens (tertiary/aromatic N) is 4. The van der Waals surface area contributed by atoms with Crippen molar-refractivity contribution in [3.8, 4) is 11.6 Å². The number of hydrogen-bond acceptors (Lipinski definition) is 5. The van der Waals surface area contributed by atoms with E-state index in [1.807, 2.05) is 59.2 Å². The number of pyridine rings is 2. The molecule has 0 aliphatic carbocycles. The number of fused-ring (bicyclic) bond motifs is 6. The van der Waals surface area contributed by atoms with Crippen LogP contribution in [0.2, 0.25) is 0 Å². The van der Waals surface area contributed by atoms with Gasteiger partial charge in [0.2, 0.25) is 0 Å². The zero-order chi connectivity index (χ0) is 33.6. The van der Waals surface area contributed by atoms with Gasteiger partial charge in [-0.15, -0.1) is 0 Å². The van der Waals surface area contributed by atoms with E-state index in [0.29, 0.717) is 11.4 Å². The summed E-state index contributed by atoms with van der Waals surface area (Å²) < 4.78 is 11.0. The molecule has 0 amide bonds. The van der Waals surface area contributed by atoms with Crippen molar-refractivity contribution in [2.75, 3.05) is 7.11 Å². The average Bonchev–Trinajstić information content (AvgIpc) is 3.59. The number of para-hydroxylation sites is 2. The maximum Gasteiger partial charge on any atom is 2.00 e. The summed E-state index contributed by atoms with van der Waals surface area (Å²) in [6.45, 7) is 3.58. The molecule has 7 nitrogen and oxygen atoms in total. The van der Waals surface area contributed by atoms with Crippen LogP contribution in [-0.4, -0.2) is 60.3 Å². The van der Waals surface area contributed by atoms with Gasteiger partial charge in [-0.2, -0.15) is 0 Å². The molecule has 0 atom stereocenters. The van der Waals surface area contributed by atoms with Gasteiger partial charge in [0.05, 0.1) is 34.8 Å². The maximum absolute atomic E-state index is 12.2. The van der Waals surface area contributed by atoms with Crippen molar-refractivity contribution >= 4 is 104 Å². The van der Waals surface area contributed by atoms with Gasteiger partial charge in [0.1, 0.15) is 11.4 Å². The molecular weight excluding hydrogens is 848 g/mol. The third-order valence-electron chi connectivity index (χ3n) is 8.33. The molecule has 0 unspecified atom stereocenters. The summed E-state index contributed by atoms with van der Waals surface area (Å²) in [5.74, 6) is 0.918. The molecule has 0 saturated carbocycles. The van der Waals surface area contributed by atoms with Crippen LogP contribution < -0.4 is 17.0 Å². The molecule has 254 valence electrons. The molecule has 0 spiro atoms. The fraction of sp³-hybridized carbons (Fsp3) is 0.100. The molecule has 0 bridgehead atoms. The van der Waals surface area contributed by atoms with E-state index in [0.717, 1.165) is 53.2 Å². The van der Waals surface area contributed by atoms with Crippen LogP contribution in [0.1, 0.15) is 29.8 Å². The molecule has 4 heterocycles. The zero-order valence-electron chi connectivity index (χ0n) is 28.4. The number of methoxy groups -OCH3 is 1. The predicted octanol–water partition coefficient (Wildman–Crippen LogP) is 6.97. The molecule has 51 heavy (non-hydrogen) atoms. The van der Waals surface area contributed by atoms with Crippen LogP contribution in [0, 0.1) is 7.43 Å². The van der Waals surface area contributed by atoms with Gasteiger partial charge in [-0.1, -0.05) is 86.5 Å². The van der Waals surface area contributed by atoms with E-state index >= 15 is 0 Å². The van der Waals surface area contributed by atoms with Crippen molar-refractivity contribution in [2.45, 2.75) is 19.4 Å². The largest absolute Gasteiger partial charge is 2.00 e. The van der Waals surface area contributed by atoms with Gasteiger partial charge in [-0.3, -0.25) is 9.13 Å². The maximum atomic E-state index is 12.2. The fourth-order valence-corrected chi connectivity index (χ4v) is 6.94. The number of halogens is 3. The Balaban J connectivity index is 0.000000216. The van der Waals surface area contributed by atoms with E-state index < -0.39 is 11.6 Å². The van der Waals surface area contributed by atoms with Gasteiger partial charge in [0.25, 0.3) is 0 Å². The first kappa shape index (κ1) is 40.2. The Hall–Kier alpha value is -3.58. The number of ether oxygens (including phenoxy) is 1. The molecule has 4 aromatic heterocycles. The first-order chi connectivity index (χ1) is 23.2. The number of carbonyl (C=O) groups is 1. The Bertz CT molecular complexity index is 2510. The normalized spacial score (nSPS) is 10.9. The number of rotatable bonds is 4.